The highest BCUT2D eigenvalue weighted by Gasteiger charge is 2.15. The van der Waals surface area contributed by atoms with Crippen LogP contribution >= 0.6 is 0 Å². The van der Waals surface area contributed by atoms with Gasteiger partial charge < -0.3 is 4.98 Å². The number of nitrogens with zero attached hydrogens (tertiary/aromatic N) is 2. The largest absolute Gasteiger partial charge is 0.313 e. The van der Waals surface area contributed by atoms with Gasteiger partial charge >= 0.3 is 0 Å². The first-order chi connectivity index (χ1) is 11.2. The number of para-hydroxylation sites is 1. The maximum atomic E-state index is 12.2. The molecule has 0 aliphatic heterocycles. The molecule has 2 heterocycles. The van der Waals surface area contributed by atoms with Crippen LogP contribution in [0.25, 0.3) is 28.0 Å². The number of rotatable bonds is 2. The lowest BCUT2D eigenvalue weighted by Crippen LogP contribution is -2.06. The highest BCUT2D eigenvalue weighted by atomic mass is 16.1. The van der Waals surface area contributed by atoms with Crippen molar-refractivity contribution in [2.75, 3.05) is 0 Å². The number of hydrogen-bond acceptors (Lipinski definition) is 2. The lowest BCUT2D eigenvalue weighted by Gasteiger charge is -2.10. The summed E-state index contributed by atoms with van der Waals surface area (Å²) in [7, 11) is 0. The molecule has 4 nitrogen and oxygen atoms in total. The lowest BCUT2D eigenvalue weighted by molar-refractivity contribution is 1.07. The fraction of sp³-hybridized carbons (Fsp3) is 0.0526. The van der Waals surface area contributed by atoms with Gasteiger partial charge in [-0.25, -0.2) is 4.98 Å². The van der Waals surface area contributed by atoms with Crippen LogP contribution in [0, 0.1) is 6.92 Å². The van der Waals surface area contributed by atoms with Crippen LogP contribution in [0.3, 0.4) is 0 Å². The van der Waals surface area contributed by atoms with Gasteiger partial charge in [-0.05, 0) is 30.7 Å². The van der Waals surface area contributed by atoms with Gasteiger partial charge in [0.2, 0.25) is 0 Å². The first kappa shape index (κ1) is 13.5. The van der Waals surface area contributed by atoms with E-state index in [0.29, 0.717) is 11.0 Å². The van der Waals surface area contributed by atoms with Crippen molar-refractivity contribution in [3.8, 4) is 16.9 Å². The van der Waals surface area contributed by atoms with Crippen LogP contribution in [0.4, 0.5) is 0 Å². The van der Waals surface area contributed by atoms with E-state index < -0.39 is 0 Å². The van der Waals surface area contributed by atoms with E-state index in [0.717, 1.165) is 16.9 Å². The maximum Gasteiger partial charge on any atom is 0.260 e. The number of aryl methyl sites for hydroxylation is 1. The Morgan fingerprint density at radius 1 is 1.00 bits per heavy atom. The molecule has 1 N–H and O–H groups in total. The highest BCUT2D eigenvalue weighted by Crippen LogP contribution is 2.29. The van der Waals surface area contributed by atoms with Crippen LogP contribution in [0.1, 0.15) is 5.56 Å². The summed E-state index contributed by atoms with van der Waals surface area (Å²) in [6.07, 6.45) is 1.45. The Balaban J connectivity index is 2.09. The third-order valence-corrected chi connectivity index (χ3v) is 3.96. The number of hydrogen-bond donors (Lipinski definition) is 1. The van der Waals surface area contributed by atoms with Gasteiger partial charge in [0.05, 0.1) is 17.4 Å². The van der Waals surface area contributed by atoms with Crippen molar-refractivity contribution in [2.45, 2.75) is 6.92 Å². The average molecular weight is 301 g/mol. The van der Waals surface area contributed by atoms with Crippen molar-refractivity contribution in [3.63, 3.8) is 0 Å². The van der Waals surface area contributed by atoms with Gasteiger partial charge in [-0.3, -0.25) is 9.36 Å². The molecule has 0 spiro atoms. The lowest BCUT2D eigenvalue weighted by atomic mass is 10.1. The standard InChI is InChI=1S/C19H15N3O/c1-13-7-9-14(10-8-13)17-11-16-18(20-12-21-19(16)23)22(17)15-5-3-2-4-6-15/h2-12H,1H3,(H,20,21,23). The van der Waals surface area contributed by atoms with Gasteiger partial charge in [0, 0.05) is 5.69 Å². The van der Waals surface area contributed by atoms with Gasteiger partial charge in [-0.2, -0.15) is 0 Å². The zero-order chi connectivity index (χ0) is 15.8. The minimum atomic E-state index is -0.127. The molecule has 0 radical (unpaired) electrons. The van der Waals surface area contributed by atoms with Crippen molar-refractivity contribution < 1.29 is 0 Å². The summed E-state index contributed by atoms with van der Waals surface area (Å²) in [6, 6.07) is 20.1. The number of benzene rings is 2. The first-order valence-electron chi connectivity index (χ1n) is 7.45. The molecule has 0 fully saturated rings. The van der Waals surface area contributed by atoms with Crippen LogP contribution in [0.15, 0.2) is 71.8 Å². The van der Waals surface area contributed by atoms with Gasteiger partial charge in [-0.1, -0.05) is 48.0 Å². The topological polar surface area (TPSA) is 50.7 Å². The zero-order valence-corrected chi connectivity index (χ0v) is 12.7. The average Bonchev–Trinajstić information content (AvgIpc) is 2.97. The predicted molar refractivity (Wildman–Crippen MR) is 91.9 cm³/mol. The molecule has 4 rings (SSSR count). The summed E-state index contributed by atoms with van der Waals surface area (Å²) in [5.41, 5.74) is 4.73. The van der Waals surface area contributed by atoms with Crippen LogP contribution in [0.2, 0.25) is 0 Å². The van der Waals surface area contributed by atoms with Crippen molar-refractivity contribution in [1.82, 2.24) is 14.5 Å². The third-order valence-electron chi connectivity index (χ3n) is 3.96. The fourth-order valence-corrected chi connectivity index (χ4v) is 2.80. The molecule has 0 aliphatic rings. The molecule has 2 aromatic carbocycles. The molecular formula is C19H15N3O. The van der Waals surface area contributed by atoms with E-state index in [1.54, 1.807) is 0 Å². The quantitative estimate of drug-likeness (QED) is 0.614. The van der Waals surface area contributed by atoms with E-state index in [4.69, 9.17) is 0 Å². The second-order valence-electron chi connectivity index (χ2n) is 5.54. The zero-order valence-electron chi connectivity index (χ0n) is 12.7. The summed E-state index contributed by atoms with van der Waals surface area (Å²) in [5, 5.41) is 0.590. The summed E-state index contributed by atoms with van der Waals surface area (Å²) < 4.78 is 2.02. The van der Waals surface area contributed by atoms with E-state index in [1.807, 2.05) is 41.0 Å². The van der Waals surface area contributed by atoms with E-state index in [2.05, 4.69) is 41.2 Å². The van der Waals surface area contributed by atoms with Crippen molar-refractivity contribution in [1.29, 1.82) is 0 Å². The Bertz CT molecular complexity index is 1030. The predicted octanol–water partition coefficient (Wildman–Crippen LogP) is 3.69. The second kappa shape index (κ2) is 5.25. The number of H-pyrrole nitrogens is 1. The molecule has 23 heavy (non-hydrogen) atoms. The minimum absolute atomic E-state index is 0.127. The third kappa shape index (κ3) is 2.25. The SMILES string of the molecule is Cc1ccc(-c2cc3c(=O)[nH]cnc3n2-c2ccccc2)cc1. The maximum absolute atomic E-state index is 12.2. The second-order valence-corrected chi connectivity index (χ2v) is 5.54. The van der Waals surface area contributed by atoms with Crippen LogP contribution in [-0.4, -0.2) is 14.5 Å². The summed E-state index contributed by atoms with van der Waals surface area (Å²) >= 11 is 0. The molecule has 0 unspecified atom stereocenters. The Kier molecular flexibility index (Phi) is 3.08. The van der Waals surface area contributed by atoms with Crippen LogP contribution in [-0.2, 0) is 0 Å². The Hall–Kier alpha value is -3.14. The Labute approximate surface area is 133 Å². The van der Waals surface area contributed by atoms with Crippen molar-refractivity contribution in [2.24, 2.45) is 0 Å². The fourth-order valence-electron chi connectivity index (χ4n) is 2.80. The molecular weight excluding hydrogens is 286 g/mol. The number of aromatic nitrogens is 3. The van der Waals surface area contributed by atoms with Crippen molar-refractivity contribution >= 4 is 11.0 Å². The molecule has 0 saturated heterocycles. The van der Waals surface area contributed by atoms with E-state index in [1.165, 1.54) is 11.9 Å². The molecule has 0 saturated carbocycles. The Morgan fingerprint density at radius 2 is 1.74 bits per heavy atom. The smallest absolute Gasteiger partial charge is 0.260 e. The molecule has 0 atom stereocenters. The summed E-state index contributed by atoms with van der Waals surface area (Å²) in [5.74, 6) is 0. The molecule has 112 valence electrons. The van der Waals surface area contributed by atoms with Crippen molar-refractivity contribution in [3.05, 3.63) is 82.9 Å². The Morgan fingerprint density at radius 3 is 2.48 bits per heavy atom. The molecule has 0 bridgehead atoms. The normalized spacial score (nSPS) is 11.0. The molecule has 4 aromatic rings. The molecule has 4 heteroatoms. The molecule has 0 amide bonds. The van der Waals surface area contributed by atoms with E-state index in [9.17, 15) is 4.79 Å². The van der Waals surface area contributed by atoms with Crippen LogP contribution < -0.4 is 5.56 Å². The number of nitrogens with one attached hydrogen (secondary N) is 1. The van der Waals surface area contributed by atoms with Gasteiger partial charge in [-0.15, -0.1) is 0 Å². The summed E-state index contributed by atoms with van der Waals surface area (Å²) in [6.45, 7) is 2.06. The monoisotopic (exact) mass is 301 g/mol. The van der Waals surface area contributed by atoms with E-state index in [-0.39, 0.29) is 5.56 Å². The molecule has 2 aromatic heterocycles. The van der Waals surface area contributed by atoms with E-state index >= 15 is 0 Å². The minimum Gasteiger partial charge on any atom is -0.313 e. The number of aromatic amines is 1. The first-order valence-corrected chi connectivity index (χ1v) is 7.45. The number of fused-ring (bicyclic) bond motifs is 1. The van der Waals surface area contributed by atoms with Gasteiger partial charge in [0.25, 0.3) is 5.56 Å². The molecule has 0 aliphatic carbocycles. The van der Waals surface area contributed by atoms with Gasteiger partial charge in [0.15, 0.2) is 5.65 Å². The van der Waals surface area contributed by atoms with Crippen LogP contribution in [0.5, 0.6) is 0 Å². The summed E-state index contributed by atoms with van der Waals surface area (Å²) in [4.78, 5) is 19.2. The highest BCUT2D eigenvalue weighted by molar-refractivity contribution is 5.85. The van der Waals surface area contributed by atoms with Gasteiger partial charge in [0.1, 0.15) is 0 Å².